The summed E-state index contributed by atoms with van der Waals surface area (Å²) < 4.78 is 27.4. The Labute approximate surface area is 119 Å². The van der Waals surface area contributed by atoms with Gasteiger partial charge in [0.05, 0.1) is 17.3 Å². The molecule has 0 aromatic heterocycles. The number of benzene rings is 2. The molecule has 0 aliphatic rings. The summed E-state index contributed by atoms with van der Waals surface area (Å²) in [5, 5.41) is 11.4. The molecule has 106 valence electrons. The molecule has 0 aliphatic heterocycles. The lowest BCUT2D eigenvalue weighted by Gasteiger charge is -2.09. The topological polar surface area (TPSA) is 78.9 Å². The number of anilines is 1. The highest BCUT2D eigenvalue weighted by molar-refractivity contribution is 5.92. The molecule has 0 radical (unpaired) electrons. The van der Waals surface area contributed by atoms with Crippen molar-refractivity contribution in [2.45, 2.75) is 6.54 Å². The molecule has 4 nitrogen and oxygen atoms in total. The fraction of sp³-hybridized carbons (Fsp3) is 0.0667. The molecule has 21 heavy (non-hydrogen) atoms. The van der Waals surface area contributed by atoms with Crippen molar-refractivity contribution in [1.29, 1.82) is 5.26 Å². The van der Waals surface area contributed by atoms with Crippen molar-refractivity contribution in [2.24, 2.45) is 5.73 Å². The monoisotopic (exact) mass is 287 g/mol. The summed E-state index contributed by atoms with van der Waals surface area (Å²) in [6.07, 6.45) is 0. The van der Waals surface area contributed by atoms with Crippen LogP contribution in [0.25, 0.3) is 0 Å². The maximum Gasteiger partial charge on any atom is 0.248 e. The average molecular weight is 287 g/mol. The van der Waals surface area contributed by atoms with Gasteiger partial charge in [0.2, 0.25) is 5.91 Å². The first-order valence-electron chi connectivity index (χ1n) is 6.03. The lowest BCUT2D eigenvalue weighted by atomic mass is 10.1. The molecule has 6 heteroatoms. The number of hydrogen-bond acceptors (Lipinski definition) is 3. The molecular weight excluding hydrogens is 276 g/mol. The summed E-state index contributed by atoms with van der Waals surface area (Å²) >= 11 is 0. The molecule has 2 aromatic rings. The highest BCUT2D eigenvalue weighted by Gasteiger charge is 2.08. The van der Waals surface area contributed by atoms with Gasteiger partial charge in [0.15, 0.2) is 0 Å². The highest BCUT2D eigenvalue weighted by Crippen LogP contribution is 2.18. The van der Waals surface area contributed by atoms with E-state index in [1.165, 1.54) is 24.3 Å². The molecule has 0 saturated carbocycles. The quantitative estimate of drug-likeness (QED) is 0.907. The van der Waals surface area contributed by atoms with Gasteiger partial charge in [-0.1, -0.05) is 6.07 Å². The fourth-order valence-electron chi connectivity index (χ4n) is 1.76. The molecule has 0 saturated heterocycles. The number of primary amides is 1. The van der Waals surface area contributed by atoms with E-state index in [2.05, 4.69) is 5.32 Å². The zero-order valence-electron chi connectivity index (χ0n) is 10.9. The summed E-state index contributed by atoms with van der Waals surface area (Å²) in [5.74, 6) is -1.91. The van der Waals surface area contributed by atoms with Crippen molar-refractivity contribution in [3.63, 3.8) is 0 Å². The minimum absolute atomic E-state index is 0.0354. The molecule has 0 heterocycles. The predicted octanol–water partition coefficient (Wildman–Crippen LogP) is 2.55. The number of nitriles is 1. The third kappa shape index (κ3) is 3.34. The van der Waals surface area contributed by atoms with E-state index in [9.17, 15) is 13.6 Å². The minimum atomic E-state index is -0.716. The number of carbonyl (C=O) groups excluding carboxylic acids is 1. The van der Waals surface area contributed by atoms with Crippen LogP contribution in [0.1, 0.15) is 21.5 Å². The summed E-state index contributed by atoms with van der Waals surface area (Å²) in [4.78, 5) is 10.9. The van der Waals surface area contributed by atoms with E-state index in [1.54, 1.807) is 0 Å². The number of nitrogens with zero attached hydrogens (tertiary/aromatic N) is 1. The Balaban J connectivity index is 2.13. The molecule has 0 bridgehead atoms. The molecule has 1 amide bonds. The molecule has 0 fully saturated rings. The van der Waals surface area contributed by atoms with Gasteiger partial charge in [-0.25, -0.2) is 8.78 Å². The number of halogens is 2. The summed E-state index contributed by atoms with van der Waals surface area (Å²) in [5.41, 5.74) is 5.75. The van der Waals surface area contributed by atoms with E-state index in [4.69, 9.17) is 11.0 Å². The Morgan fingerprint density at radius 3 is 2.52 bits per heavy atom. The smallest absolute Gasteiger partial charge is 0.248 e. The van der Waals surface area contributed by atoms with Crippen LogP contribution in [0.4, 0.5) is 14.5 Å². The van der Waals surface area contributed by atoms with Crippen molar-refractivity contribution in [3.05, 3.63) is 64.7 Å². The first kappa shape index (κ1) is 14.5. The van der Waals surface area contributed by atoms with E-state index in [0.29, 0.717) is 0 Å². The molecule has 0 atom stereocenters. The van der Waals surface area contributed by atoms with Crippen molar-refractivity contribution >= 4 is 11.6 Å². The van der Waals surface area contributed by atoms with Crippen LogP contribution in [0.3, 0.4) is 0 Å². The Morgan fingerprint density at radius 2 is 1.95 bits per heavy atom. The Hall–Kier alpha value is -2.94. The van der Waals surface area contributed by atoms with E-state index in [-0.39, 0.29) is 28.9 Å². The molecule has 3 N–H and O–H groups in total. The van der Waals surface area contributed by atoms with Gasteiger partial charge in [0.1, 0.15) is 11.6 Å². The van der Waals surface area contributed by atoms with Crippen LogP contribution >= 0.6 is 0 Å². The van der Waals surface area contributed by atoms with Gasteiger partial charge in [0, 0.05) is 17.7 Å². The van der Waals surface area contributed by atoms with Gasteiger partial charge >= 0.3 is 0 Å². The average Bonchev–Trinajstić information content (AvgIpc) is 2.46. The highest BCUT2D eigenvalue weighted by atomic mass is 19.1. The van der Waals surface area contributed by atoms with E-state index < -0.39 is 17.5 Å². The van der Waals surface area contributed by atoms with Gasteiger partial charge in [-0.05, 0) is 30.3 Å². The summed E-state index contributed by atoms with van der Waals surface area (Å²) in [6.45, 7) is 0.0354. The molecule has 0 unspecified atom stereocenters. The van der Waals surface area contributed by atoms with Gasteiger partial charge in [0.25, 0.3) is 0 Å². The van der Waals surface area contributed by atoms with Crippen LogP contribution in [0, 0.1) is 23.0 Å². The van der Waals surface area contributed by atoms with Crippen molar-refractivity contribution in [3.8, 4) is 6.07 Å². The second-order valence-electron chi connectivity index (χ2n) is 4.33. The largest absolute Gasteiger partial charge is 0.378 e. The lowest BCUT2D eigenvalue weighted by Crippen LogP contribution is -2.12. The van der Waals surface area contributed by atoms with Gasteiger partial charge in [-0.3, -0.25) is 4.79 Å². The number of amides is 1. The Bertz CT molecular complexity index is 738. The van der Waals surface area contributed by atoms with Crippen LogP contribution in [-0.4, -0.2) is 5.91 Å². The number of nitrogens with two attached hydrogens (primary N) is 1. The van der Waals surface area contributed by atoms with E-state index in [1.807, 2.05) is 6.07 Å². The number of nitrogens with one attached hydrogen (secondary N) is 1. The first-order valence-corrected chi connectivity index (χ1v) is 6.03. The number of hydrogen-bond donors (Lipinski definition) is 2. The van der Waals surface area contributed by atoms with Crippen LogP contribution in [0.15, 0.2) is 36.4 Å². The third-order valence-electron chi connectivity index (χ3n) is 2.91. The van der Waals surface area contributed by atoms with Gasteiger partial charge in [-0.15, -0.1) is 0 Å². The zero-order chi connectivity index (χ0) is 15.4. The normalized spacial score (nSPS) is 9.95. The molecule has 2 aromatic carbocycles. The number of carbonyl (C=O) groups is 1. The molecule has 2 rings (SSSR count). The second kappa shape index (κ2) is 6.01. The summed E-state index contributed by atoms with van der Waals surface area (Å²) in [7, 11) is 0. The SMILES string of the molecule is N#Cc1ccc(NCc2ccc(C(N)=O)cc2F)c(F)c1. The Kier molecular flexibility index (Phi) is 4.14. The predicted molar refractivity (Wildman–Crippen MR) is 73.4 cm³/mol. The third-order valence-corrected chi connectivity index (χ3v) is 2.91. The maximum atomic E-state index is 13.7. The van der Waals surface area contributed by atoms with Crippen molar-refractivity contribution < 1.29 is 13.6 Å². The van der Waals surface area contributed by atoms with Crippen molar-refractivity contribution in [2.75, 3.05) is 5.32 Å². The van der Waals surface area contributed by atoms with Crippen LogP contribution in [0.2, 0.25) is 0 Å². The van der Waals surface area contributed by atoms with E-state index >= 15 is 0 Å². The van der Waals surface area contributed by atoms with Gasteiger partial charge in [-0.2, -0.15) is 5.26 Å². The summed E-state index contributed by atoms with van der Waals surface area (Å²) in [6, 6.07) is 9.62. The van der Waals surface area contributed by atoms with Crippen LogP contribution < -0.4 is 11.1 Å². The van der Waals surface area contributed by atoms with Crippen LogP contribution in [-0.2, 0) is 6.54 Å². The Morgan fingerprint density at radius 1 is 1.19 bits per heavy atom. The lowest BCUT2D eigenvalue weighted by molar-refractivity contribution is 0.1000. The van der Waals surface area contributed by atoms with Gasteiger partial charge < -0.3 is 11.1 Å². The molecule has 0 spiro atoms. The minimum Gasteiger partial charge on any atom is -0.378 e. The zero-order valence-corrected chi connectivity index (χ0v) is 10.9. The fourth-order valence-corrected chi connectivity index (χ4v) is 1.76. The van der Waals surface area contributed by atoms with Crippen molar-refractivity contribution in [1.82, 2.24) is 0 Å². The molecular formula is C15H11F2N3O. The van der Waals surface area contributed by atoms with Crippen LogP contribution in [0.5, 0.6) is 0 Å². The maximum absolute atomic E-state index is 13.7. The molecule has 0 aliphatic carbocycles. The second-order valence-corrected chi connectivity index (χ2v) is 4.33. The standard InChI is InChI=1S/C15H11F2N3O/c16-12-6-10(15(19)21)2-3-11(12)8-20-14-4-1-9(7-18)5-13(14)17/h1-6,20H,8H2,(H2,19,21). The van der Waals surface area contributed by atoms with E-state index in [0.717, 1.165) is 12.1 Å². The number of rotatable bonds is 4. The first-order chi connectivity index (χ1) is 10.0.